The van der Waals surface area contributed by atoms with Gasteiger partial charge in [-0.2, -0.15) is 0 Å². The molecule has 12 heteroatoms. The van der Waals surface area contributed by atoms with E-state index in [-0.39, 0.29) is 38.1 Å². The van der Waals surface area contributed by atoms with Gasteiger partial charge in [-0.1, -0.05) is 29.3 Å². The predicted molar refractivity (Wildman–Crippen MR) is 140 cm³/mol. The molecule has 0 spiro atoms. The topological polar surface area (TPSA) is 101 Å². The molecule has 0 unspecified atom stereocenters. The van der Waals surface area contributed by atoms with E-state index in [2.05, 4.69) is 10.2 Å². The summed E-state index contributed by atoms with van der Waals surface area (Å²) in [4.78, 5) is 41.2. The number of nitrogens with one attached hydrogen (secondary N) is 1. The number of imide groups is 1. The molecule has 0 saturated carbocycles. The Kier molecular flexibility index (Phi) is 7.67. The lowest BCUT2D eigenvalue weighted by atomic mass is 10.0. The number of hydrogen-bond acceptors (Lipinski definition) is 7. The van der Waals surface area contributed by atoms with Gasteiger partial charge in [0.2, 0.25) is 17.6 Å². The minimum Gasteiger partial charge on any atom is -0.491 e. The monoisotopic (exact) mass is 562 g/mol. The fourth-order valence-corrected chi connectivity index (χ4v) is 5.35. The highest BCUT2D eigenvalue weighted by Crippen LogP contribution is 2.40. The molecule has 5 rings (SSSR count). The van der Waals surface area contributed by atoms with Crippen molar-refractivity contribution in [3.8, 4) is 5.75 Å². The Morgan fingerprint density at radius 1 is 1.11 bits per heavy atom. The van der Waals surface area contributed by atoms with Crippen molar-refractivity contribution in [3.63, 3.8) is 0 Å². The fourth-order valence-electron chi connectivity index (χ4n) is 4.80. The maximum Gasteiger partial charge on any atom is 0.324 e. The number of rotatable bonds is 7. The van der Waals surface area contributed by atoms with Crippen LogP contribution in [0.1, 0.15) is 12.5 Å². The Balaban J connectivity index is 1.24. The molecular weight excluding hydrogens is 535 g/mol. The summed E-state index contributed by atoms with van der Waals surface area (Å²) in [6.45, 7) is 4.66. The second-order valence-electron chi connectivity index (χ2n) is 9.36. The van der Waals surface area contributed by atoms with Gasteiger partial charge in [0.05, 0.1) is 24.7 Å². The third-order valence-corrected chi connectivity index (χ3v) is 7.41. The van der Waals surface area contributed by atoms with E-state index in [1.165, 1.54) is 0 Å². The molecule has 0 radical (unpaired) electrons. The molecule has 2 aromatic rings. The van der Waals surface area contributed by atoms with E-state index >= 15 is 0 Å². The van der Waals surface area contributed by atoms with E-state index in [1.54, 1.807) is 25.1 Å². The standard InChI is InChI=1S/C26H28Cl2N4O6/c1-17(33)30-8-10-31(11-9-30)19-3-5-20(6-4-19)36-14-21-15-37-26(38-21,16-32-24(34)13-29-25(32)35)22-7-2-18(27)12-23(22)28/h2-7,12,21H,8-11,13-16H2,1H3,(H,29,35)/t21-,26-/m0/s1. The zero-order valence-electron chi connectivity index (χ0n) is 20.8. The first-order valence-electron chi connectivity index (χ1n) is 12.3. The Bertz CT molecular complexity index is 1200. The van der Waals surface area contributed by atoms with Crippen molar-refractivity contribution in [3.05, 3.63) is 58.1 Å². The van der Waals surface area contributed by atoms with Gasteiger partial charge in [0.1, 0.15) is 18.5 Å². The summed E-state index contributed by atoms with van der Waals surface area (Å²) in [7, 11) is 0. The lowest BCUT2D eigenvalue weighted by Gasteiger charge is -2.35. The Morgan fingerprint density at radius 2 is 1.84 bits per heavy atom. The Hall–Kier alpha value is -3.05. The largest absolute Gasteiger partial charge is 0.491 e. The van der Waals surface area contributed by atoms with Crippen molar-refractivity contribution < 1.29 is 28.6 Å². The van der Waals surface area contributed by atoms with Gasteiger partial charge < -0.3 is 29.3 Å². The van der Waals surface area contributed by atoms with Crippen molar-refractivity contribution in [2.24, 2.45) is 0 Å². The minimum atomic E-state index is -1.46. The number of piperazine rings is 1. The first kappa shape index (κ1) is 26.6. The summed E-state index contributed by atoms with van der Waals surface area (Å²) >= 11 is 12.6. The smallest absolute Gasteiger partial charge is 0.324 e. The summed E-state index contributed by atoms with van der Waals surface area (Å²) in [5.41, 5.74) is 1.53. The molecule has 10 nitrogen and oxygen atoms in total. The summed E-state index contributed by atoms with van der Waals surface area (Å²) in [6, 6.07) is 12.1. The number of amides is 4. The lowest BCUT2D eigenvalue weighted by molar-refractivity contribution is -0.188. The van der Waals surface area contributed by atoms with Crippen LogP contribution in [0.15, 0.2) is 42.5 Å². The number of nitrogens with zero attached hydrogens (tertiary/aromatic N) is 3. The summed E-state index contributed by atoms with van der Waals surface area (Å²) in [5, 5.41) is 3.24. The van der Waals surface area contributed by atoms with Crippen molar-refractivity contribution >= 4 is 46.7 Å². The Morgan fingerprint density at radius 3 is 2.47 bits per heavy atom. The van der Waals surface area contributed by atoms with Gasteiger partial charge in [0.15, 0.2) is 0 Å². The molecule has 2 aromatic carbocycles. The Labute approximate surface area is 230 Å². The van der Waals surface area contributed by atoms with Crippen LogP contribution < -0.4 is 15.0 Å². The summed E-state index contributed by atoms with van der Waals surface area (Å²) in [6.07, 6.45) is -0.484. The average molecular weight is 563 g/mol. The molecule has 0 aliphatic carbocycles. The predicted octanol–water partition coefficient (Wildman–Crippen LogP) is 2.86. The number of halogens is 2. The molecule has 3 aliphatic rings. The van der Waals surface area contributed by atoms with Gasteiger partial charge >= 0.3 is 6.03 Å². The molecule has 3 saturated heterocycles. The normalized spacial score (nSPS) is 23.7. The molecule has 3 fully saturated rings. The van der Waals surface area contributed by atoms with Gasteiger partial charge in [-0.15, -0.1) is 0 Å². The van der Waals surface area contributed by atoms with E-state index in [0.717, 1.165) is 23.7 Å². The third-order valence-electron chi connectivity index (χ3n) is 6.87. The van der Waals surface area contributed by atoms with Crippen molar-refractivity contribution in [1.82, 2.24) is 15.1 Å². The molecule has 4 amide bonds. The van der Waals surface area contributed by atoms with Gasteiger partial charge in [0, 0.05) is 49.4 Å². The van der Waals surface area contributed by atoms with Crippen LogP contribution in [0.5, 0.6) is 5.75 Å². The molecule has 3 heterocycles. The van der Waals surface area contributed by atoms with Gasteiger partial charge in [0.25, 0.3) is 0 Å². The molecule has 2 atom stereocenters. The van der Waals surface area contributed by atoms with E-state index in [4.69, 9.17) is 37.4 Å². The highest BCUT2D eigenvalue weighted by molar-refractivity contribution is 6.35. The van der Waals surface area contributed by atoms with E-state index in [0.29, 0.717) is 34.4 Å². The van der Waals surface area contributed by atoms with Crippen LogP contribution in [0.25, 0.3) is 0 Å². The zero-order valence-corrected chi connectivity index (χ0v) is 22.3. The quantitative estimate of drug-likeness (QED) is 0.518. The first-order valence-corrected chi connectivity index (χ1v) is 13.1. The van der Waals surface area contributed by atoms with Crippen LogP contribution >= 0.6 is 23.2 Å². The summed E-state index contributed by atoms with van der Waals surface area (Å²) in [5.74, 6) is -1.08. The van der Waals surface area contributed by atoms with E-state index in [9.17, 15) is 14.4 Å². The number of carbonyl (C=O) groups excluding carboxylic acids is 3. The number of anilines is 1. The average Bonchev–Trinajstić information content (AvgIpc) is 3.46. The third kappa shape index (κ3) is 5.54. The van der Waals surface area contributed by atoms with Crippen molar-refractivity contribution in [2.45, 2.75) is 18.8 Å². The second kappa shape index (κ2) is 11.0. The lowest BCUT2D eigenvalue weighted by Crippen LogP contribution is -2.48. The molecule has 38 heavy (non-hydrogen) atoms. The number of hydrogen-bond donors (Lipinski definition) is 1. The zero-order chi connectivity index (χ0) is 26.9. The van der Waals surface area contributed by atoms with Crippen LogP contribution in [-0.4, -0.2) is 86.2 Å². The SMILES string of the molecule is CC(=O)N1CCN(c2ccc(OC[C@H]3CO[C@](CN4C(=O)CNC4=O)(c4ccc(Cl)cc4Cl)O3)cc2)CC1. The maximum atomic E-state index is 12.3. The summed E-state index contributed by atoms with van der Waals surface area (Å²) < 4.78 is 18.4. The fraction of sp³-hybridized carbons (Fsp3) is 0.423. The second-order valence-corrected chi connectivity index (χ2v) is 10.2. The molecule has 202 valence electrons. The first-order chi connectivity index (χ1) is 18.2. The van der Waals surface area contributed by atoms with Crippen molar-refractivity contribution in [2.75, 3.05) is 57.4 Å². The van der Waals surface area contributed by atoms with Crippen LogP contribution in [0.4, 0.5) is 10.5 Å². The number of benzene rings is 2. The molecule has 0 bridgehead atoms. The highest BCUT2D eigenvalue weighted by Gasteiger charge is 2.49. The number of carbonyl (C=O) groups is 3. The van der Waals surface area contributed by atoms with Crippen LogP contribution in [0.3, 0.4) is 0 Å². The van der Waals surface area contributed by atoms with Crippen LogP contribution in [0, 0.1) is 0 Å². The van der Waals surface area contributed by atoms with E-state index in [1.807, 2.05) is 29.2 Å². The highest BCUT2D eigenvalue weighted by atomic mass is 35.5. The van der Waals surface area contributed by atoms with Gasteiger partial charge in [-0.3, -0.25) is 14.5 Å². The minimum absolute atomic E-state index is 0.0851. The molecule has 1 N–H and O–H groups in total. The van der Waals surface area contributed by atoms with Crippen LogP contribution in [-0.2, 0) is 24.8 Å². The van der Waals surface area contributed by atoms with Crippen molar-refractivity contribution in [1.29, 1.82) is 0 Å². The number of urea groups is 1. The van der Waals surface area contributed by atoms with Gasteiger partial charge in [-0.05, 0) is 36.4 Å². The maximum absolute atomic E-state index is 12.3. The van der Waals surface area contributed by atoms with E-state index < -0.39 is 17.9 Å². The molecule has 0 aromatic heterocycles. The van der Waals surface area contributed by atoms with Gasteiger partial charge in [-0.25, -0.2) is 4.79 Å². The number of ether oxygens (including phenoxy) is 3. The molecular formula is C26H28Cl2N4O6. The molecule has 3 aliphatic heterocycles. The van der Waals surface area contributed by atoms with Crippen LogP contribution in [0.2, 0.25) is 10.0 Å².